The molecule has 0 saturated carbocycles. The van der Waals surface area contributed by atoms with Crippen molar-refractivity contribution in [1.29, 1.82) is 0 Å². The molecule has 1 rings (SSSR count). The highest BCUT2D eigenvalue weighted by Crippen LogP contribution is 2.11. The summed E-state index contributed by atoms with van der Waals surface area (Å²) in [4.78, 5) is 22.7. The molecule has 1 amide bonds. The van der Waals surface area contributed by atoms with Gasteiger partial charge in [-0.15, -0.1) is 0 Å². The van der Waals surface area contributed by atoms with Gasteiger partial charge in [0.15, 0.2) is 6.10 Å². The molecule has 1 unspecified atom stereocenters. The van der Waals surface area contributed by atoms with Gasteiger partial charge in [-0.1, -0.05) is 0 Å². The summed E-state index contributed by atoms with van der Waals surface area (Å²) in [5.74, 6) is -0.494. The van der Waals surface area contributed by atoms with Gasteiger partial charge >= 0.3 is 5.97 Å². The van der Waals surface area contributed by atoms with Gasteiger partial charge in [-0.05, 0) is 31.2 Å². The number of amides is 1. The standard InChI is InChI=1S/C13H17NO5/c1-3-19-10-6-4-9(5-7-10)12(16)14-8-11(15)13(17)18-2/h4-7,11,15H,3,8H2,1-2H3,(H,14,16). The van der Waals surface area contributed by atoms with Gasteiger partial charge in [0.25, 0.3) is 5.91 Å². The summed E-state index contributed by atoms with van der Waals surface area (Å²) >= 11 is 0. The summed E-state index contributed by atoms with van der Waals surface area (Å²) < 4.78 is 9.59. The van der Waals surface area contributed by atoms with Crippen molar-refractivity contribution in [1.82, 2.24) is 5.32 Å². The van der Waals surface area contributed by atoms with Crippen LogP contribution >= 0.6 is 0 Å². The van der Waals surface area contributed by atoms with Gasteiger partial charge in [0.2, 0.25) is 0 Å². The van der Waals surface area contributed by atoms with E-state index in [1.165, 1.54) is 7.11 Å². The molecule has 0 fully saturated rings. The molecule has 0 heterocycles. The number of methoxy groups -OCH3 is 1. The van der Waals surface area contributed by atoms with Crippen LogP contribution in [-0.2, 0) is 9.53 Å². The van der Waals surface area contributed by atoms with Crippen molar-refractivity contribution >= 4 is 11.9 Å². The van der Waals surface area contributed by atoms with Crippen molar-refractivity contribution in [3.8, 4) is 5.75 Å². The Labute approximate surface area is 111 Å². The number of esters is 1. The van der Waals surface area contributed by atoms with E-state index in [0.717, 1.165) is 0 Å². The fraction of sp³-hybridized carbons (Fsp3) is 0.385. The van der Waals surface area contributed by atoms with Gasteiger partial charge in [0, 0.05) is 5.56 Å². The Bertz CT molecular complexity index is 429. The molecular weight excluding hydrogens is 250 g/mol. The molecule has 0 aromatic heterocycles. The third-order valence-electron chi connectivity index (χ3n) is 2.36. The van der Waals surface area contributed by atoms with Crippen LogP contribution in [-0.4, -0.2) is 43.3 Å². The molecule has 6 nitrogen and oxygen atoms in total. The fourth-order valence-electron chi connectivity index (χ4n) is 1.38. The highest BCUT2D eigenvalue weighted by atomic mass is 16.5. The molecule has 1 atom stereocenters. The van der Waals surface area contributed by atoms with E-state index in [0.29, 0.717) is 17.9 Å². The molecule has 0 aliphatic heterocycles. The number of carbonyl (C=O) groups is 2. The number of aliphatic hydroxyl groups is 1. The summed E-state index contributed by atoms with van der Waals surface area (Å²) in [6, 6.07) is 6.56. The first kappa shape index (κ1) is 15.0. The average molecular weight is 267 g/mol. The summed E-state index contributed by atoms with van der Waals surface area (Å²) in [5.41, 5.74) is 0.417. The average Bonchev–Trinajstić information content (AvgIpc) is 2.44. The van der Waals surface area contributed by atoms with Gasteiger partial charge in [-0.25, -0.2) is 4.79 Å². The molecule has 2 N–H and O–H groups in total. The first-order valence-electron chi connectivity index (χ1n) is 5.85. The van der Waals surface area contributed by atoms with E-state index in [4.69, 9.17) is 4.74 Å². The lowest BCUT2D eigenvalue weighted by Gasteiger charge is -2.10. The Morgan fingerprint density at radius 1 is 1.32 bits per heavy atom. The number of nitrogens with one attached hydrogen (secondary N) is 1. The second-order valence-corrected chi connectivity index (χ2v) is 3.71. The molecule has 1 aromatic carbocycles. The zero-order valence-corrected chi connectivity index (χ0v) is 10.9. The number of benzene rings is 1. The molecule has 6 heteroatoms. The van der Waals surface area contributed by atoms with E-state index in [1.807, 2.05) is 6.92 Å². The number of aliphatic hydroxyl groups excluding tert-OH is 1. The van der Waals surface area contributed by atoms with Gasteiger partial charge in [-0.3, -0.25) is 4.79 Å². The second-order valence-electron chi connectivity index (χ2n) is 3.71. The normalized spacial score (nSPS) is 11.5. The molecule has 0 aliphatic rings. The molecule has 0 saturated heterocycles. The highest BCUT2D eigenvalue weighted by molar-refractivity contribution is 5.94. The Hall–Kier alpha value is -2.08. The first-order valence-corrected chi connectivity index (χ1v) is 5.85. The zero-order valence-electron chi connectivity index (χ0n) is 10.9. The van der Waals surface area contributed by atoms with E-state index >= 15 is 0 Å². The van der Waals surface area contributed by atoms with Crippen LogP contribution in [0.1, 0.15) is 17.3 Å². The van der Waals surface area contributed by atoms with Crippen LogP contribution in [0.4, 0.5) is 0 Å². The summed E-state index contributed by atoms with van der Waals surface area (Å²) in [5, 5.41) is 11.8. The minimum absolute atomic E-state index is 0.196. The number of ether oxygens (including phenoxy) is 2. The summed E-state index contributed by atoms with van der Waals surface area (Å²) in [7, 11) is 1.17. The topological polar surface area (TPSA) is 84.9 Å². The first-order chi connectivity index (χ1) is 9.08. The van der Waals surface area contributed by atoms with Gasteiger partial charge in [-0.2, -0.15) is 0 Å². The minimum Gasteiger partial charge on any atom is -0.494 e. The van der Waals surface area contributed by atoms with Crippen molar-refractivity contribution in [2.45, 2.75) is 13.0 Å². The predicted molar refractivity (Wildman–Crippen MR) is 68.0 cm³/mol. The van der Waals surface area contributed by atoms with Crippen molar-refractivity contribution in [2.75, 3.05) is 20.3 Å². The Morgan fingerprint density at radius 3 is 2.47 bits per heavy atom. The van der Waals surface area contributed by atoms with E-state index in [9.17, 15) is 14.7 Å². The largest absolute Gasteiger partial charge is 0.494 e. The molecule has 0 bridgehead atoms. The predicted octanol–water partition coefficient (Wildman–Crippen LogP) is 0.349. The van der Waals surface area contributed by atoms with Crippen LogP contribution in [0.15, 0.2) is 24.3 Å². The van der Waals surface area contributed by atoms with E-state index in [-0.39, 0.29) is 12.5 Å². The Balaban J connectivity index is 2.51. The van der Waals surface area contributed by atoms with Crippen LogP contribution in [0, 0.1) is 0 Å². The van der Waals surface area contributed by atoms with Gasteiger partial charge < -0.3 is 19.9 Å². The number of carbonyl (C=O) groups excluding carboxylic acids is 2. The number of hydrogen-bond donors (Lipinski definition) is 2. The number of hydrogen-bond acceptors (Lipinski definition) is 5. The monoisotopic (exact) mass is 267 g/mol. The molecule has 0 aliphatic carbocycles. The third kappa shape index (κ3) is 4.59. The molecule has 0 radical (unpaired) electrons. The van der Waals surface area contributed by atoms with E-state index in [1.54, 1.807) is 24.3 Å². The van der Waals surface area contributed by atoms with E-state index < -0.39 is 12.1 Å². The molecular formula is C13H17NO5. The summed E-state index contributed by atoms with van der Waals surface area (Å²) in [6.07, 6.45) is -1.36. The third-order valence-corrected chi connectivity index (χ3v) is 2.36. The Kier molecular flexibility index (Phi) is 5.81. The number of rotatable bonds is 6. The molecule has 19 heavy (non-hydrogen) atoms. The maximum absolute atomic E-state index is 11.7. The highest BCUT2D eigenvalue weighted by Gasteiger charge is 2.16. The van der Waals surface area contributed by atoms with Gasteiger partial charge in [0.1, 0.15) is 5.75 Å². The van der Waals surface area contributed by atoms with Crippen molar-refractivity contribution < 1.29 is 24.2 Å². The lowest BCUT2D eigenvalue weighted by atomic mass is 10.2. The van der Waals surface area contributed by atoms with Crippen molar-refractivity contribution in [2.24, 2.45) is 0 Å². The van der Waals surface area contributed by atoms with Gasteiger partial charge in [0.05, 0.1) is 20.3 Å². The smallest absolute Gasteiger partial charge is 0.336 e. The SMILES string of the molecule is CCOc1ccc(C(=O)NCC(O)C(=O)OC)cc1. The van der Waals surface area contributed by atoms with E-state index in [2.05, 4.69) is 10.1 Å². The lowest BCUT2D eigenvalue weighted by Crippen LogP contribution is -2.37. The fourth-order valence-corrected chi connectivity index (χ4v) is 1.38. The van der Waals surface area contributed by atoms with Crippen molar-refractivity contribution in [3.63, 3.8) is 0 Å². The minimum atomic E-state index is -1.36. The molecule has 0 spiro atoms. The molecule has 1 aromatic rings. The van der Waals surface area contributed by atoms with Crippen LogP contribution in [0.5, 0.6) is 5.75 Å². The second kappa shape index (κ2) is 7.38. The van der Waals surface area contributed by atoms with Crippen LogP contribution in [0.2, 0.25) is 0 Å². The Morgan fingerprint density at radius 2 is 1.95 bits per heavy atom. The quantitative estimate of drug-likeness (QED) is 0.726. The zero-order chi connectivity index (χ0) is 14.3. The van der Waals surface area contributed by atoms with Crippen LogP contribution in [0.25, 0.3) is 0 Å². The molecule has 104 valence electrons. The van der Waals surface area contributed by atoms with Crippen molar-refractivity contribution in [3.05, 3.63) is 29.8 Å². The maximum Gasteiger partial charge on any atom is 0.336 e. The summed E-state index contributed by atoms with van der Waals surface area (Å²) in [6.45, 7) is 2.23. The maximum atomic E-state index is 11.7. The van der Waals surface area contributed by atoms with Crippen LogP contribution in [0.3, 0.4) is 0 Å². The lowest BCUT2D eigenvalue weighted by molar-refractivity contribution is -0.149. The van der Waals surface area contributed by atoms with Crippen LogP contribution < -0.4 is 10.1 Å².